The molecule has 5 heteroatoms. The van der Waals surface area contributed by atoms with Crippen molar-refractivity contribution in [3.05, 3.63) is 71.5 Å². The quantitative estimate of drug-likeness (QED) is 0.431. The van der Waals surface area contributed by atoms with Gasteiger partial charge < -0.3 is 14.9 Å². The Balaban J connectivity index is 0.00000312. The summed E-state index contributed by atoms with van der Waals surface area (Å²) in [6.45, 7) is 13.0. The standard InChI is InChI=1S/C21H26O3.2Y/c1-5-7-24-13-19-11-15(4)10-18(21(19)23)12-17-9-14(3)8-16(6-2)20(17)22;;/h8-11,22-23H,3-7,12-13H2,1-2H3;;/q-2;;. The maximum absolute atomic E-state index is 10.6. The molecule has 0 unspecified atom stereocenters. The van der Waals surface area contributed by atoms with Crippen LogP contribution in [0.3, 0.4) is 0 Å². The average molecular weight is 504 g/mol. The van der Waals surface area contributed by atoms with Crippen LogP contribution < -0.4 is 0 Å². The Hall–Kier alpha value is -0.0522. The zero-order valence-electron chi connectivity index (χ0n) is 15.7. The summed E-state index contributed by atoms with van der Waals surface area (Å²) in [4.78, 5) is 0. The zero-order valence-corrected chi connectivity index (χ0v) is 21.4. The number of hydrogen-bond acceptors (Lipinski definition) is 3. The molecule has 0 fully saturated rings. The van der Waals surface area contributed by atoms with Crippen molar-refractivity contribution in [1.29, 1.82) is 0 Å². The molecular weight excluding hydrogens is 478 g/mol. The van der Waals surface area contributed by atoms with Crippen LogP contribution in [-0.4, -0.2) is 16.8 Å². The molecule has 2 aromatic carbocycles. The second-order valence-corrected chi connectivity index (χ2v) is 6.11. The molecule has 0 bridgehead atoms. The molecule has 0 saturated carbocycles. The predicted octanol–water partition coefficient (Wildman–Crippen LogP) is 4.54. The summed E-state index contributed by atoms with van der Waals surface area (Å²) in [5, 5.41) is 21.0. The first-order valence-electron chi connectivity index (χ1n) is 8.37. The molecule has 2 N–H and O–H groups in total. The smallest absolute Gasteiger partial charge is 0.0999 e. The fourth-order valence-corrected chi connectivity index (χ4v) is 2.85. The van der Waals surface area contributed by atoms with E-state index >= 15 is 0 Å². The van der Waals surface area contributed by atoms with Crippen molar-refractivity contribution in [3.8, 4) is 11.5 Å². The van der Waals surface area contributed by atoms with E-state index in [1.54, 1.807) is 0 Å². The summed E-state index contributed by atoms with van der Waals surface area (Å²) >= 11 is 0. The molecule has 3 nitrogen and oxygen atoms in total. The van der Waals surface area contributed by atoms with Gasteiger partial charge in [-0.3, -0.25) is 0 Å². The van der Waals surface area contributed by atoms with Gasteiger partial charge in [-0.1, -0.05) is 30.5 Å². The number of benzene rings is 2. The fourth-order valence-electron chi connectivity index (χ4n) is 2.85. The predicted molar refractivity (Wildman–Crippen MR) is 97.3 cm³/mol. The molecule has 26 heavy (non-hydrogen) atoms. The van der Waals surface area contributed by atoms with Crippen molar-refractivity contribution < 1.29 is 80.4 Å². The molecule has 0 atom stereocenters. The largest absolute Gasteiger partial charge is 0.510 e. The van der Waals surface area contributed by atoms with Crippen molar-refractivity contribution in [2.75, 3.05) is 6.61 Å². The Morgan fingerprint density at radius 2 is 1.27 bits per heavy atom. The number of phenols is 2. The average Bonchev–Trinajstić information content (AvgIpc) is 2.54. The van der Waals surface area contributed by atoms with Crippen LogP contribution in [0.25, 0.3) is 0 Å². The van der Waals surface area contributed by atoms with Gasteiger partial charge in [0.25, 0.3) is 0 Å². The topological polar surface area (TPSA) is 49.7 Å². The van der Waals surface area contributed by atoms with E-state index in [2.05, 4.69) is 13.8 Å². The minimum atomic E-state index is 0. The summed E-state index contributed by atoms with van der Waals surface area (Å²) in [7, 11) is 0. The van der Waals surface area contributed by atoms with Crippen molar-refractivity contribution >= 4 is 0 Å². The Kier molecular flexibility index (Phi) is 12.4. The van der Waals surface area contributed by atoms with Crippen molar-refractivity contribution in [1.82, 2.24) is 0 Å². The minimum Gasteiger partial charge on any atom is -0.510 e. The SMILES string of the molecule is [CH2-]c1cc(CC)c(O)c(Cc2cc([CH2-])cc(COCCC)c2O)c1.[Y].[Y]. The van der Waals surface area contributed by atoms with E-state index in [-0.39, 0.29) is 76.9 Å². The monoisotopic (exact) mass is 504 g/mol. The number of phenolic OH excluding ortho intramolecular Hbond substituents is 2. The Bertz CT molecular complexity index is 715. The second-order valence-electron chi connectivity index (χ2n) is 6.11. The summed E-state index contributed by atoms with van der Waals surface area (Å²) in [6.07, 6.45) is 2.10. The van der Waals surface area contributed by atoms with Gasteiger partial charge in [0, 0.05) is 72.0 Å². The molecule has 2 rings (SSSR count). The molecule has 2 aromatic rings. The van der Waals surface area contributed by atoms with Gasteiger partial charge in [0.15, 0.2) is 0 Å². The van der Waals surface area contributed by atoms with Crippen LogP contribution in [-0.2, 0) is 89.6 Å². The maximum Gasteiger partial charge on any atom is 0.0999 e. The van der Waals surface area contributed by atoms with Gasteiger partial charge in [0.1, 0.15) is 0 Å². The third-order valence-electron chi connectivity index (χ3n) is 4.02. The second kappa shape index (κ2) is 12.4. The third-order valence-corrected chi connectivity index (χ3v) is 4.02. The van der Waals surface area contributed by atoms with Crippen molar-refractivity contribution in [2.24, 2.45) is 0 Å². The first-order valence-corrected chi connectivity index (χ1v) is 8.37. The molecule has 0 aliphatic carbocycles. The van der Waals surface area contributed by atoms with Gasteiger partial charge >= 0.3 is 0 Å². The molecule has 0 spiro atoms. The van der Waals surface area contributed by atoms with E-state index in [1.165, 1.54) is 0 Å². The molecule has 0 amide bonds. The Morgan fingerprint density at radius 3 is 1.77 bits per heavy atom. The molecule has 2 radical (unpaired) electrons. The van der Waals surface area contributed by atoms with Gasteiger partial charge in [0.2, 0.25) is 0 Å². The van der Waals surface area contributed by atoms with Crippen molar-refractivity contribution in [3.63, 3.8) is 0 Å². The number of rotatable bonds is 7. The zero-order chi connectivity index (χ0) is 17.7. The number of aryl methyl sites for hydroxylation is 1. The first-order chi connectivity index (χ1) is 11.5. The van der Waals surface area contributed by atoms with Gasteiger partial charge in [-0.2, -0.15) is 49.2 Å². The van der Waals surface area contributed by atoms with E-state index in [4.69, 9.17) is 4.74 Å². The first kappa shape index (κ1) is 25.9. The van der Waals surface area contributed by atoms with Crippen molar-refractivity contribution in [2.45, 2.75) is 39.7 Å². The van der Waals surface area contributed by atoms with E-state index in [9.17, 15) is 10.2 Å². The van der Waals surface area contributed by atoms with E-state index < -0.39 is 0 Å². The third kappa shape index (κ3) is 6.84. The van der Waals surface area contributed by atoms with Crippen LogP contribution in [0.5, 0.6) is 11.5 Å². The van der Waals surface area contributed by atoms with E-state index in [0.717, 1.165) is 46.2 Å². The maximum atomic E-state index is 10.6. The summed E-state index contributed by atoms with van der Waals surface area (Å²) in [5.41, 5.74) is 4.78. The van der Waals surface area contributed by atoms with Crippen LogP contribution in [0.15, 0.2) is 24.3 Å². The van der Waals surface area contributed by atoms with Crippen LogP contribution in [0.4, 0.5) is 0 Å². The molecule has 0 aliphatic heterocycles. The molecule has 136 valence electrons. The van der Waals surface area contributed by atoms with Gasteiger partial charge in [-0.25, -0.2) is 0 Å². The number of hydrogen-bond donors (Lipinski definition) is 2. The molecule has 0 aromatic heterocycles. The normalized spacial score (nSPS) is 10.1. The minimum absolute atomic E-state index is 0. The van der Waals surface area contributed by atoms with Crippen LogP contribution in [0, 0.1) is 13.8 Å². The molecular formula is C21H26O3Y2-2. The number of aromatic hydroxyl groups is 2. The summed E-state index contributed by atoms with van der Waals surface area (Å²) in [5.74, 6) is 0.493. The van der Waals surface area contributed by atoms with Gasteiger partial charge in [-0.05, 0) is 24.8 Å². The summed E-state index contributed by atoms with van der Waals surface area (Å²) in [6, 6.07) is 7.43. The fraction of sp³-hybridized carbons (Fsp3) is 0.333. The molecule has 0 aliphatic rings. The Labute approximate surface area is 207 Å². The number of ether oxygens (including phenoxy) is 1. The van der Waals surface area contributed by atoms with Gasteiger partial charge in [0.05, 0.1) is 18.1 Å². The van der Waals surface area contributed by atoms with E-state index in [1.807, 2.05) is 38.1 Å². The van der Waals surface area contributed by atoms with Crippen LogP contribution in [0.2, 0.25) is 0 Å². The van der Waals surface area contributed by atoms with Crippen LogP contribution in [0.1, 0.15) is 53.6 Å². The van der Waals surface area contributed by atoms with Crippen LogP contribution >= 0.6 is 0 Å². The Morgan fingerprint density at radius 1 is 0.808 bits per heavy atom. The van der Waals surface area contributed by atoms with Gasteiger partial charge in [-0.15, -0.1) is 0 Å². The molecule has 0 heterocycles. The molecule has 0 saturated heterocycles. The van der Waals surface area contributed by atoms with E-state index in [0.29, 0.717) is 19.6 Å². The summed E-state index contributed by atoms with van der Waals surface area (Å²) < 4.78 is 5.54.